The van der Waals surface area contributed by atoms with Crippen molar-refractivity contribution >= 4 is 43.6 Å². The second-order valence-corrected chi connectivity index (χ2v) is 14.5. The van der Waals surface area contributed by atoms with Crippen molar-refractivity contribution in [3.05, 3.63) is 192 Å². The summed E-state index contributed by atoms with van der Waals surface area (Å²) in [7, 11) is 0. The van der Waals surface area contributed by atoms with Gasteiger partial charge in [-0.25, -0.2) is 0 Å². The molecular formula is C52H34N4. The molecule has 10 rings (SSSR count). The largest absolute Gasteiger partial charge is 0.308 e. The second-order valence-electron chi connectivity index (χ2n) is 14.5. The van der Waals surface area contributed by atoms with E-state index in [-0.39, 0.29) is 0 Å². The summed E-state index contributed by atoms with van der Waals surface area (Å²) >= 11 is 0. The Morgan fingerprint density at radius 1 is 0.375 bits per heavy atom. The lowest BCUT2D eigenvalue weighted by molar-refractivity contribution is 1.13. The molecule has 0 unspecified atom stereocenters. The molecule has 0 N–H and O–H groups in total. The van der Waals surface area contributed by atoms with E-state index in [4.69, 9.17) is 0 Å². The Kier molecular flexibility index (Phi) is 7.66. The summed E-state index contributed by atoms with van der Waals surface area (Å²) in [4.78, 5) is 0. The van der Waals surface area contributed by atoms with Gasteiger partial charge in [0, 0.05) is 27.1 Å². The van der Waals surface area contributed by atoms with Crippen LogP contribution in [0.5, 0.6) is 0 Å². The average Bonchev–Trinajstić information content (AvgIpc) is 3.75. The van der Waals surface area contributed by atoms with E-state index in [0.717, 1.165) is 77.2 Å². The quantitative estimate of drug-likeness (QED) is 0.178. The van der Waals surface area contributed by atoms with Crippen LogP contribution in [0, 0.1) is 36.5 Å². The van der Waals surface area contributed by atoms with E-state index in [2.05, 4.69) is 175 Å². The van der Waals surface area contributed by atoms with Crippen LogP contribution in [0.25, 0.3) is 88.4 Å². The number of aromatic nitrogens is 2. The summed E-state index contributed by atoms with van der Waals surface area (Å²) in [6.07, 6.45) is 0. The summed E-state index contributed by atoms with van der Waals surface area (Å²) in [5, 5.41) is 25.5. The van der Waals surface area contributed by atoms with E-state index in [1.165, 1.54) is 22.3 Å². The third-order valence-corrected chi connectivity index (χ3v) is 11.2. The van der Waals surface area contributed by atoms with E-state index < -0.39 is 0 Å². The number of fused-ring (bicyclic) bond motifs is 6. The third kappa shape index (κ3) is 5.12. The first kappa shape index (κ1) is 32.9. The Balaban J connectivity index is 1.38. The molecule has 0 radical (unpaired) electrons. The number of para-hydroxylation sites is 2. The first-order valence-electron chi connectivity index (χ1n) is 18.8. The predicted molar refractivity (Wildman–Crippen MR) is 230 cm³/mol. The second kappa shape index (κ2) is 13.0. The summed E-state index contributed by atoms with van der Waals surface area (Å²) < 4.78 is 4.63. The maximum absolute atomic E-state index is 10.8. The summed E-state index contributed by atoms with van der Waals surface area (Å²) in [6.45, 7) is 4.29. The highest BCUT2D eigenvalue weighted by Crippen LogP contribution is 2.44. The Morgan fingerprint density at radius 2 is 0.839 bits per heavy atom. The molecule has 0 fully saturated rings. The number of hydrogen-bond donors (Lipinski definition) is 0. The number of benzene rings is 8. The van der Waals surface area contributed by atoms with Gasteiger partial charge in [0.1, 0.15) is 0 Å². The lowest BCUT2D eigenvalue weighted by Gasteiger charge is -2.21. The number of aryl methyl sites for hydroxylation is 2. The van der Waals surface area contributed by atoms with Gasteiger partial charge in [0.2, 0.25) is 0 Å². The van der Waals surface area contributed by atoms with Crippen LogP contribution in [0.15, 0.2) is 170 Å². The molecule has 262 valence electrons. The lowest BCUT2D eigenvalue weighted by atomic mass is 9.96. The van der Waals surface area contributed by atoms with Gasteiger partial charge >= 0.3 is 0 Å². The van der Waals surface area contributed by atoms with Crippen LogP contribution in [0.2, 0.25) is 0 Å². The summed E-state index contributed by atoms with van der Waals surface area (Å²) in [5.41, 5.74) is 15.8. The molecular weight excluding hydrogens is 681 g/mol. The maximum Gasteiger partial charge on any atom is 0.0993 e. The number of rotatable bonds is 5. The first-order chi connectivity index (χ1) is 27.5. The molecule has 0 saturated carbocycles. The Morgan fingerprint density at radius 3 is 1.34 bits per heavy atom. The van der Waals surface area contributed by atoms with E-state index in [0.29, 0.717) is 11.1 Å². The van der Waals surface area contributed by atoms with E-state index >= 15 is 0 Å². The molecule has 2 heterocycles. The zero-order valence-electron chi connectivity index (χ0n) is 31.0. The van der Waals surface area contributed by atoms with Crippen molar-refractivity contribution in [2.75, 3.05) is 0 Å². The zero-order chi connectivity index (χ0) is 37.9. The van der Waals surface area contributed by atoms with Gasteiger partial charge in [-0.15, -0.1) is 0 Å². The van der Waals surface area contributed by atoms with Crippen LogP contribution >= 0.6 is 0 Å². The van der Waals surface area contributed by atoms with Gasteiger partial charge < -0.3 is 9.13 Å². The molecule has 0 amide bonds. The van der Waals surface area contributed by atoms with Gasteiger partial charge in [-0.05, 0) is 101 Å². The molecule has 0 aliphatic heterocycles. The molecule has 4 nitrogen and oxygen atoms in total. The monoisotopic (exact) mass is 714 g/mol. The lowest BCUT2D eigenvalue weighted by Crippen LogP contribution is -2.05. The van der Waals surface area contributed by atoms with Crippen molar-refractivity contribution < 1.29 is 0 Å². The maximum atomic E-state index is 10.8. The van der Waals surface area contributed by atoms with Crippen LogP contribution in [0.1, 0.15) is 22.3 Å². The van der Waals surface area contributed by atoms with Crippen molar-refractivity contribution in [2.24, 2.45) is 0 Å². The normalized spacial score (nSPS) is 11.4. The van der Waals surface area contributed by atoms with Crippen molar-refractivity contribution in [3.63, 3.8) is 0 Å². The fraction of sp³-hybridized carbons (Fsp3) is 0.0385. The zero-order valence-corrected chi connectivity index (χ0v) is 31.0. The molecule has 0 aliphatic carbocycles. The van der Waals surface area contributed by atoms with Crippen LogP contribution < -0.4 is 0 Å². The van der Waals surface area contributed by atoms with E-state index in [1.807, 2.05) is 30.3 Å². The molecule has 0 aliphatic rings. The van der Waals surface area contributed by atoms with Gasteiger partial charge in [0.15, 0.2) is 0 Å². The Labute approximate surface area is 325 Å². The van der Waals surface area contributed by atoms with E-state index in [1.54, 1.807) is 0 Å². The topological polar surface area (TPSA) is 57.4 Å². The van der Waals surface area contributed by atoms with E-state index in [9.17, 15) is 10.5 Å². The predicted octanol–water partition coefficient (Wildman–Crippen LogP) is 13.2. The van der Waals surface area contributed by atoms with Crippen molar-refractivity contribution in [2.45, 2.75) is 13.8 Å². The minimum Gasteiger partial charge on any atom is -0.308 e. The van der Waals surface area contributed by atoms with Gasteiger partial charge in [-0.3, -0.25) is 0 Å². The summed E-state index contributed by atoms with van der Waals surface area (Å²) in [6, 6.07) is 64.1. The molecule has 4 heteroatoms. The molecule has 0 spiro atoms. The smallest absolute Gasteiger partial charge is 0.0993 e. The first-order valence-corrected chi connectivity index (χ1v) is 18.8. The highest BCUT2D eigenvalue weighted by Gasteiger charge is 2.24. The van der Waals surface area contributed by atoms with Crippen molar-refractivity contribution in [1.29, 1.82) is 10.5 Å². The standard InChI is InChI=1S/C52H34N4/c1-33-12-3-5-16-40(33)37-22-24-44-42-18-7-9-20-46(42)55(48(44)29-37)50-27-36(32-54)28-51(52(50)39-15-11-14-35(26-39)31-53)56-47-21-10-8-19-43(47)45-25-23-38(30-49(45)56)41-17-6-4-13-34(41)2/h3-30H,1-2H3. The minimum absolute atomic E-state index is 0.539. The molecule has 0 atom stereocenters. The molecule has 8 aromatic carbocycles. The van der Waals surface area contributed by atoms with Gasteiger partial charge in [-0.1, -0.05) is 121 Å². The number of hydrogen-bond acceptors (Lipinski definition) is 2. The van der Waals surface area contributed by atoms with Crippen LogP contribution in [-0.4, -0.2) is 9.13 Å². The Bertz CT molecular complexity index is 3120. The number of nitrogens with zero attached hydrogens (tertiary/aromatic N) is 4. The van der Waals surface area contributed by atoms with Crippen LogP contribution in [0.3, 0.4) is 0 Å². The SMILES string of the molecule is Cc1ccccc1-c1ccc2c3ccccc3n(-c3cc(C#N)cc(-n4c5ccccc5c5ccc(-c6ccccc6C)cc54)c3-c3cccc(C#N)c3)c2c1. The average molecular weight is 715 g/mol. The van der Waals surface area contributed by atoms with Crippen LogP contribution in [-0.2, 0) is 0 Å². The van der Waals surface area contributed by atoms with Crippen molar-refractivity contribution in [1.82, 2.24) is 9.13 Å². The number of nitriles is 2. The summed E-state index contributed by atoms with van der Waals surface area (Å²) in [5.74, 6) is 0. The fourth-order valence-electron chi connectivity index (χ4n) is 8.66. The molecule has 10 aromatic rings. The van der Waals surface area contributed by atoms with Crippen molar-refractivity contribution in [3.8, 4) is 56.9 Å². The highest BCUT2D eigenvalue weighted by atomic mass is 15.0. The molecule has 56 heavy (non-hydrogen) atoms. The third-order valence-electron chi connectivity index (χ3n) is 11.2. The van der Waals surface area contributed by atoms with Crippen LogP contribution in [0.4, 0.5) is 0 Å². The Hall–Kier alpha value is -7.66. The fourth-order valence-corrected chi connectivity index (χ4v) is 8.66. The molecule has 0 bridgehead atoms. The highest BCUT2D eigenvalue weighted by molar-refractivity contribution is 6.13. The van der Waals surface area contributed by atoms with Gasteiger partial charge in [-0.2, -0.15) is 10.5 Å². The minimum atomic E-state index is 0.539. The van der Waals surface area contributed by atoms with Gasteiger partial charge in [0.25, 0.3) is 0 Å². The van der Waals surface area contributed by atoms with Gasteiger partial charge in [0.05, 0.1) is 56.7 Å². The molecule has 0 saturated heterocycles. The molecule has 2 aromatic heterocycles.